The molecule has 2 N–H and O–H groups in total. The van der Waals surface area contributed by atoms with Crippen LogP contribution in [0.5, 0.6) is 0 Å². The molecule has 0 saturated heterocycles. The van der Waals surface area contributed by atoms with E-state index in [1.165, 1.54) is 50.0 Å². The van der Waals surface area contributed by atoms with Gasteiger partial charge in [-0.15, -0.1) is 0 Å². The molecular weight excluding hydrogens is 216 g/mol. The third-order valence-electron chi connectivity index (χ3n) is 3.80. The van der Waals surface area contributed by atoms with Gasteiger partial charge in [0.2, 0.25) is 0 Å². The molecule has 0 heterocycles. The summed E-state index contributed by atoms with van der Waals surface area (Å²) in [6.45, 7) is 3.05. The van der Waals surface area contributed by atoms with E-state index in [0.717, 1.165) is 12.6 Å². The molecular formula is C13H28N2S. The van der Waals surface area contributed by atoms with Crippen LogP contribution in [0, 0.1) is 0 Å². The normalized spacial score (nSPS) is 20.2. The van der Waals surface area contributed by atoms with E-state index in [4.69, 9.17) is 5.73 Å². The minimum atomic E-state index is 0.599. The highest BCUT2D eigenvalue weighted by Gasteiger charge is 2.23. The fraction of sp³-hybridized carbons (Fsp3) is 1.00. The molecule has 1 rings (SSSR count). The molecule has 16 heavy (non-hydrogen) atoms. The first-order valence-corrected chi connectivity index (χ1v) is 7.94. The minimum absolute atomic E-state index is 0.599. The molecule has 0 spiro atoms. The van der Waals surface area contributed by atoms with E-state index in [0.29, 0.717) is 6.04 Å². The molecule has 1 fully saturated rings. The summed E-state index contributed by atoms with van der Waals surface area (Å²) < 4.78 is 0. The first-order chi connectivity index (χ1) is 7.79. The molecule has 0 aliphatic heterocycles. The van der Waals surface area contributed by atoms with Crippen molar-refractivity contribution in [1.29, 1.82) is 0 Å². The maximum absolute atomic E-state index is 5.91. The van der Waals surface area contributed by atoms with E-state index in [2.05, 4.69) is 18.9 Å². The zero-order chi connectivity index (χ0) is 11.8. The predicted octanol–water partition coefficient (Wildman–Crippen LogP) is 2.72. The number of rotatable bonds is 7. The summed E-state index contributed by atoms with van der Waals surface area (Å²) in [6, 6.07) is 1.40. The maximum atomic E-state index is 5.91. The number of thioether (sulfide) groups is 1. The number of hydrogen-bond donors (Lipinski definition) is 1. The van der Waals surface area contributed by atoms with E-state index < -0.39 is 0 Å². The molecule has 1 aliphatic carbocycles. The number of nitrogens with two attached hydrogens (primary N) is 1. The SMILES string of the molecule is CCSCCC(CN)N(C)C1CCCCC1. The van der Waals surface area contributed by atoms with Crippen LogP contribution in [0.2, 0.25) is 0 Å². The molecule has 1 unspecified atom stereocenters. The van der Waals surface area contributed by atoms with Crippen LogP contribution in [0.25, 0.3) is 0 Å². The number of likely N-dealkylation sites (N-methyl/N-ethyl adjacent to an activating group) is 1. The highest BCUT2D eigenvalue weighted by Crippen LogP contribution is 2.23. The smallest absolute Gasteiger partial charge is 0.0226 e. The third kappa shape index (κ3) is 4.64. The summed E-state index contributed by atoms with van der Waals surface area (Å²) in [5, 5.41) is 0. The Morgan fingerprint density at radius 2 is 2.00 bits per heavy atom. The molecule has 1 aliphatic rings. The van der Waals surface area contributed by atoms with Gasteiger partial charge in [-0.25, -0.2) is 0 Å². The summed E-state index contributed by atoms with van der Waals surface area (Å²) in [7, 11) is 2.28. The summed E-state index contributed by atoms with van der Waals surface area (Å²) in [4.78, 5) is 2.56. The van der Waals surface area contributed by atoms with Crippen molar-refractivity contribution in [2.75, 3.05) is 25.1 Å². The van der Waals surface area contributed by atoms with E-state index >= 15 is 0 Å². The van der Waals surface area contributed by atoms with Crippen LogP contribution in [0.3, 0.4) is 0 Å². The minimum Gasteiger partial charge on any atom is -0.329 e. The summed E-state index contributed by atoms with van der Waals surface area (Å²) in [5.41, 5.74) is 5.91. The zero-order valence-corrected chi connectivity index (χ0v) is 11.8. The Balaban J connectivity index is 2.31. The predicted molar refractivity (Wildman–Crippen MR) is 75.1 cm³/mol. The average molecular weight is 244 g/mol. The standard InChI is InChI=1S/C13H28N2S/c1-3-16-10-9-13(11-14)15(2)12-7-5-4-6-8-12/h12-13H,3-11,14H2,1-2H3. The fourth-order valence-corrected chi connectivity index (χ4v) is 3.37. The Morgan fingerprint density at radius 1 is 1.31 bits per heavy atom. The van der Waals surface area contributed by atoms with Crippen LogP contribution < -0.4 is 5.73 Å². The summed E-state index contributed by atoms with van der Waals surface area (Å²) in [6.07, 6.45) is 8.28. The lowest BCUT2D eigenvalue weighted by atomic mass is 9.93. The molecule has 96 valence electrons. The Bertz CT molecular complexity index is 169. The quantitative estimate of drug-likeness (QED) is 0.698. The second kappa shape index (κ2) is 8.37. The van der Waals surface area contributed by atoms with Crippen LogP contribution in [-0.4, -0.2) is 42.1 Å². The van der Waals surface area contributed by atoms with E-state index in [-0.39, 0.29) is 0 Å². The topological polar surface area (TPSA) is 29.3 Å². The average Bonchev–Trinajstić information content (AvgIpc) is 2.35. The molecule has 1 saturated carbocycles. The Labute approximate surface area is 105 Å². The Morgan fingerprint density at radius 3 is 2.56 bits per heavy atom. The zero-order valence-electron chi connectivity index (χ0n) is 11.0. The second-order valence-corrected chi connectivity index (χ2v) is 6.23. The van der Waals surface area contributed by atoms with Crippen LogP contribution in [0.1, 0.15) is 45.4 Å². The monoisotopic (exact) mass is 244 g/mol. The van der Waals surface area contributed by atoms with Gasteiger partial charge in [0.25, 0.3) is 0 Å². The van der Waals surface area contributed by atoms with Crippen molar-refractivity contribution < 1.29 is 0 Å². The molecule has 1 atom stereocenters. The van der Waals surface area contributed by atoms with Crippen molar-refractivity contribution in [2.45, 2.75) is 57.5 Å². The fourth-order valence-electron chi connectivity index (χ4n) is 2.64. The number of nitrogens with zero attached hydrogens (tertiary/aromatic N) is 1. The van der Waals surface area contributed by atoms with Crippen LogP contribution in [0.15, 0.2) is 0 Å². The second-order valence-electron chi connectivity index (χ2n) is 4.83. The van der Waals surface area contributed by atoms with Crippen LogP contribution >= 0.6 is 11.8 Å². The van der Waals surface area contributed by atoms with Gasteiger partial charge in [-0.1, -0.05) is 26.2 Å². The van der Waals surface area contributed by atoms with Crippen molar-refractivity contribution in [3.63, 3.8) is 0 Å². The van der Waals surface area contributed by atoms with Crippen molar-refractivity contribution >= 4 is 11.8 Å². The van der Waals surface area contributed by atoms with E-state index in [1.54, 1.807) is 0 Å². The van der Waals surface area contributed by atoms with Gasteiger partial charge in [0.15, 0.2) is 0 Å². The van der Waals surface area contributed by atoms with E-state index in [9.17, 15) is 0 Å². The van der Waals surface area contributed by atoms with Crippen molar-refractivity contribution in [3.8, 4) is 0 Å². The first kappa shape index (κ1) is 14.3. The maximum Gasteiger partial charge on any atom is 0.0226 e. The molecule has 0 aromatic carbocycles. The van der Waals surface area contributed by atoms with Crippen molar-refractivity contribution in [2.24, 2.45) is 5.73 Å². The molecule has 0 radical (unpaired) electrons. The first-order valence-electron chi connectivity index (χ1n) is 6.79. The largest absolute Gasteiger partial charge is 0.329 e. The molecule has 0 aromatic heterocycles. The summed E-state index contributed by atoms with van der Waals surface area (Å²) in [5.74, 6) is 2.49. The van der Waals surface area contributed by atoms with Gasteiger partial charge in [0.05, 0.1) is 0 Å². The van der Waals surface area contributed by atoms with Crippen LogP contribution in [0.4, 0.5) is 0 Å². The molecule has 3 heteroatoms. The highest BCUT2D eigenvalue weighted by atomic mass is 32.2. The molecule has 2 nitrogen and oxygen atoms in total. The van der Waals surface area contributed by atoms with Gasteiger partial charge in [0, 0.05) is 18.6 Å². The van der Waals surface area contributed by atoms with Gasteiger partial charge in [-0.05, 0) is 37.8 Å². The van der Waals surface area contributed by atoms with Gasteiger partial charge in [0.1, 0.15) is 0 Å². The third-order valence-corrected chi connectivity index (χ3v) is 4.73. The molecule has 0 bridgehead atoms. The molecule has 0 amide bonds. The Kier molecular flexibility index (Phi) is 7.50. The summed E-state index contributed by atoms with van der Waals surface area (Å²) >= 11 is 2.03. The van der Waals surface area contributed by atoms with Gasteiger partial charge in [-0.3, -0.25) is 4.90 Å². The lowest BCUT2D eigenvalue weighted by Gasteiger charge is -2.36. The van der Waals surface area contributed by atoms with Crippen LogP contribution in [-0.2, 0) is 0 Å². The van der Waals surface area contributed by atoms with Crippen molar-refractivity contribution in [3.05, 3.63) is 0 Å². The van der Waals surface area contributed by atoms with Gasteiger partial charge in [-0.2, -0.15) is 11.8 Å². The lowest BCUT2D eigenvalue weighted by molar-refractivity contribution is 0.138. The van der Waals surface area contributed by atoms with Gasteiger partial charge >= 0.3 is 0 Å². The lowest BCUT2D eigenvalue weighted by Crippen LogP contribution is -2.45. The van der Waals surface area contributed by atoms with E-state index in [1.807, 2.05) is 11.8 Å². The van der Waals surface area contributed by atoms with Crippen molar-refractivity contribution in [1.82, 2.24) is 4.90 Å². The van der Waals surface area contributed by atoms with Gasteiger partial charge < -0.3 is 5.73 Å². The number of hydrogen-bond acceptors (Lipinski definition) is 3. The highest BCUT2D eigenvalue weighted by molar-refractivity contribution is 7.99. The molecule has 0 aromatic rings. The Hall–Kier alpha value is 0.270.